The first-order chi connectivity index (χ1) is 13.3. The molecule has 5 nitrogen and oxygen atoms in total. The molecular weight excluding hydrogens is 350 g/mol. The number of ketones is 1. The first-order valence-corrected chi connectivity index (χ1v) is 10.0. The Kier molecular flexibility index (Phi) is 6.22. The van der Waals surface area contributed by atoms with Crippen LogP contribution in [-0.2, 0) is 9.59 Å². The summed E-state index contributed by atoms with van der Waals surface area (Å²) < 4.78 is 0. The second kappa shape index (κ2) is 8.63. The summed E-state index contributed by atoms with van der Waals surface area (Å²) in [5.74, 6) is 0.796. The molecule has 5 heteroatoms. The Labute approximate surface area is 167 Å². The molecule has 2 heterocycles. The minimum Gasteiger partial charge on any atom is -0.342 e. The lowest BCUT2D eigenvalue weighted by molar-refractivity contribution is -0.138. The first-order valence-electron chi connectivity index (χ1n) is 10.0. The fourth-order valence-corrected chi connectivity index (χ4v) is 4.06. The SMILES string of the molecule is CC(=O)C[C@H](C)C(=O)N1CCC[C@H](c2nc(C)ncc2-c2cccc(C)c2)C1. The Bertz CT molecular complexity index is 878. The number of amides is 1. The molecular formula is C23H29N3O2. The number of Topliss-reactive ketones (excluding diaryl/α,β-unsaturated/α-hetero) is 1. The van der Waals surface area contributed by atoms with Gasteiger partial charge in [0.15, 0.2) is 0 Å². The van der Waals surface area contributed by atoms with Gasteiger partial charge < -0.3 is 9.69 Å². The predicted molar refractivity (Wildman–Crippen MR) is 110 cm³/mol. The number of rotatable bonds is 5. The van der Waals surface area contributed by atoms with E-state index in [9.17, 15) is 9.59 Å². The van der Waals surface area contributed by atoms with Crippen LogP contribution in [0, 0.1) is 19.8 Å². The summed E-state index contributed by atoms with van der Waals surface area (Å²) in [6.07, 6.45) is 4.16. The van der Waals surface area contributed by atoms with Crippen molar-refractivity contribution >= 4 is 11.7 Å². The van der Waals surface area contributed by atoms with Crippen molar-refractivity contribution in [2.45, 2.75) is 52.9 Å². The average Bonchev–Trinajstić information content (AvgIpc) is 2.67. The van der Waals surface area contributed by atoms with Gasteiger partial charge in [0.2, 0.25) is 5.91 Å². The molecule has 0 N–H and O–H groups in total. The van der Waals surface area contributed by atoms with Gasteiger partial charge in [-0.2, -0.15) is 0 Å². The van der Waals surface area contributed by atoms with Crippen LogP contribution in [0.15, 0.2) is 30.5 Å². The van der Waals surface area contributed by atoms with Crippen LogP contribution in [0.25, 0.3) is 11.1 Å². The Balaban J connectivity index is 1.88. The van der Waals surface area contributed by atoms with E-state index in [0.717, 1.165) is 42.0 Å². The largest absolute Gasteiger partial charge is 0.342 e. The summed E-state index contributed by atoms with van der Waals surface area (Å²) >= 11 is 0. The molecule has 2 aromatic rings. The van der Waals surface area contributed by atoms with Crippen LogP contribution in [0.4, 0.5) is 0 Å². The smallest absolute Gasteiger partial charge is 0.225 e. The standard InChI is InChI=1S/C23H29N3O2/c1-15-7-5-8-19(11-15)21-13-24-18(4)25-22(21)20-9-6-10-26(14-20)23(28)16(2)12-17(3)27/h5,7-8,11,13,16,20H,6,9-10,12,14H2,1-4H3/t16-,20-/m0/s1. The van der Waals surface area contributed by atoms with E-state index in [1.165, 1.54) is 5.56 Å². The molecule has 1 aliphatic rings. The minimum absolute atomic E-state index is 0.0579. The second-order valence-electron chi connectivity index (χ2n) is 8.02. The maximum Gasteiger partial charge on any atom is 0.225 e. The lowest BCUT2D eigenvalue weighted by Crippen LogP contribution is -2.42. The number of nitrogens with zero attached hydrogens (tertiary/aromatic N) is 3. The molecule has 1 aromatic heterocycles. The summed E-state index contributed by atoms with van der Waals surface area (Å²) in [6.45, 7) is 8.78. The minimum atomic E-state index is -0.264. The highest BCUT2D eigenvalue weighted by atomic mass is 16.2. The molecule has 1 fully saturated rings. The van der Waals surface area contributed by atoms with Gasteiger partial charge in [-0.15, -0.1) is 0 Å². The van der Waals surface area contributed by atoms with Gasteiger partial charge in [0.1, 0.15) is 11.6 Å². The van der Waals surface area contributed by atoms with Crippen molar-refractivity contribution in [3.63, 3.8) is 0 Å². The molecule has 2 atom stereocenters. The van der Waals surface area contributed by atoms with E-state index >= 15 is 0 Å². The summed E-state index contributed by atoms with van der Waals surface area (Å²) in [7, 11) is 0. The van der Waals surface area contributed by atoms with Crippen molar-refractivity contribution in [2.24, 2.45) is 5.92 Å². The molecule has 1 aromatic carbocycles. The van der Waals surface area contributed by atoms with Crippen molar-refractivity contribution in [1.29, 1.82) is 0 Å². The first kappa shape index (κ1) is 20.2. The van der Waals surface area contributed by atoms with Crippen molar-refractivity contribution in [1.82, 2.24) is 14.9 Å². The molecule has 0 saturated carbocycles. The Hall–Kier alpha value is -2.56. The van der Waals surface area contributed by atoms with Gasteiger partial charge in [-0.1, -0.05) is 36.8 Å². The van der Waals surface area contributed by atoms with Gasteiger partial charge in [0.25, 0.3) is 0 Å². The Morgan fingerprint density at radius 1 is 1.29 bits per heavy atom. The molecule has 1 aliphatic heterocycles. The highest BCUT2D eigenvalue weighted by Crippen LogP contribution is 2.33. The molecule has 3 rings (SSSR count). The number of hydrogen-bond donors (Lipinski definition) is 0. The highest BCUT2D eigenvalue weighted by Gasteiger charge is 2.30. The van der Waals surface area contributed by atoms with Crippen LogP contribution in [0.1, 0.15) is 56.1 Å². The zero-order chi connectivity index (χ0) is 20.3. The van der Waals surface area contributed by atoms with E-state index in [4.69, 9.17) is 4.98 Å². The van der Waals surface area contributed by atoms with E-state index in [0.29, 0.717) is 13.0 Å². The van der Waals surface area contributed by atoms with E-state index in [1.807, 2.05) is 24.9 Å². The summed E-state index contributed by atoms with van der Waals surface area (Å²) in [5, 5.41) is 0. The van der Waals surface area contributed by atoms with Gasteiger partial charge in [-0.3, -0.25) is 4.79 Å². The third kappa shape index (κ3) is 4.64. The molecule has 0 bridgehead atoms. The van der Waals surface area contributed by atoms with E-state index in [2.05, 4.69) is 36.2 Å². The number of benzene rings is 1. The molecule has 0 unspecified atom stereocenters. The van der Waals surface area contributed by atoms with E-state index in [-0.39, 0.29) is 23.5 Å². The lowest BCUT2D eigenvalue weighted by atomic mass is 9.89. The molecule has 28 heavy (non-hydrogen) atoms. The van der Waals surface area contributed by atoms with Crippen molar-refractivity contribution < 1.29 is 9.59 Å². The zero-order valence-electron chi connectivity index (χ0n) is 17.2. The maximum atomic E-state index is 12.8. The topological polar surface area (TPSA) is 63.2 Å². The van der Waals surface area contributed by atoms with Crippen molar-refractivity contribution in [3.8, 4) is 11.1 Å². The number of aryl methyl sites for hydroxylation is 2. The van der Waals surface area contributed by atoms with Crippen LogP contribution in [0.5, 0.6) is 0 Å². The van der Waals surface area contributed by atoms with E-state index < -0.39 is 0 Å². The number of hydrogen-bond acceptors (Lipinski definition) is 4. The lowest BCUT2D eigenvalue weighted by Gasteiger charge is -2.34. The van der Waals surface area contributed by atoms with Crippen LogP contribution >= 0.6 is 0 Å². The van der Waals surface area contributed by atoms with Crippen LogP contribution in [0.2, 0.25) is 0 Å². The molecule has 148 valence electrons. The van der Waals surface area contributed by atoms with Crippen molar-refractivity contribution in [3.05, 3.63) is 47.5 Å². The molecule has 0 aliphatic carbocycles. The van der Waals surface area contributed by atoms with Crippen LogP contribution in [-0.4, -0.2) is 39.6 Å². The van der Waals surface area contributed by atoms with Crippen LogP contribution < -0.4 is 0 Å². The number of likely N-dealkylation sites (tertiary alicyclic amines) is 1. The molecule has 1 saturated heterocycles. The van der Waals surface area contributed by atoms with Gasteiger partial charge in [-0.25, -0.2) is 9.97 Å². The number of carbonyl (C=O) groups is 2. The second-order valence-corrected chi connectivity index (χ2v) is 8.02. The summed E-state index contributed by atoms with van der Waals surface area (Å²) in [4.78, 5) is 35.4. The average molecular weight is 380 g/mol. The number of carbonyl (C=O) groups excluding carboxylic acids is 2. The van der Waals surface area contributed by atoms with Gasteiger partial charge in [-0.05, 0) is 39.2 Å². The van der Waals surface area contributed by atoms with E-state index in [1.54, 1.807) is 6.92 Å². The fourth-order valence-electron chi connectivity index (χ4n) is 4.06. The molecule has 0 radical (unpaired) electrons. The van der Waals surface area contributed by atoms with Gasteiger partial charge >= 0.3 is 0 Å². The summed E-state index contributed by atoms with van der Waals surface area (Å²) in [6, 6.07) is 8.37. The normalized spacial score (nSPS) is 18.0. The number of aromatic nitrogens is 2. The monoisotopic (exact) mass is 379 g/mol. The third-order valence-corrected chi connectivity index (χ3v) is 5.40. The Morgan fingerprint density at radius 2 is 2.07 bits per heavy atom. The maximum absolute atomic E-state index is 12.8. The highest BCUT2D eigenvalue weighted by molar-refractivity contribution is 5.85. The van der Waals surface area contributed by atoms with Gasteiger partial charge in [0.05, 0.1) is 5.69 Å². The quantitative estimate of drug-likeness (QED) is 0.785. The molecule has 0 spiro atoms. The van der Waals surface area contributed by atoms with Gasteiger partial charge in [0, 0.05) is 43.1 Å². The zero-order valence-corrected chi connectivity index (χ0v) is 17.2. The number of piperidine rings is 1. The van der Waals surface area contributed by atoms with Crippen molar-refractivity contribution in [2.75, 3.05) is 13.1 Å². The van der Waals surface area contributed by atoms with Crippen LogP contribution in [0.3, 0.4) is 0 Å². The fraction of sp³-hybridized carbons (Fsp3) is 0.478. The Morgan fingerprint density at radius 3 is 2.79 bits per heavy atom. The third-order valence-electron chi connectivity index (χ3n) is 5.40. The summed E-state index contributed by atoms with van der Waals surface area (Å²) in [5.41, 5.74) is 4.38. The molecule has 1 amide bonds. The predicted octanol–water partition coefficient (Wildman–Crippen LogP) is 4.08.